The van der Waals surface area contributed by atoms with E-state index in [0.717, 1.165) is 24.8 Å². The van der Waals surface area contributed by atoms with Gasteiger partial charge in [0, 0.05) is 50.8 Å². The molecule has 0 radical (unpaired) electrons. The normalized spacial score (nSPS) is 21.5. The van der Waals surface area contributed by atoms with Crippen LogP contribution in [0.3, 0.4) is 0 Å². The lowest BCUT2D eigenvalue weighted by Crippen LogP contribution is -2.36. The number of nitrogens with zero attached hydrogens (tertiary/aromatic N) is 1. The Morgan fingerprint density at radius 1 is 1.14 bits per heavy atom. The lowest BCUT2D eigenvalue weighted by Gasteiger charge is -2.21. The number of benzene rings is 1. The molecule has 154 valence electrons. The van der Waals surface area contributed by atoms with Crippen LogP contribution in [0.2, 0.25) is 0 Å². The molecule has 0 spiro atoms. The Kier molecular flexibility index (Phi) is 6.78. The van der Waals surface area contributed by atoms with E-state index < -0.39 is 0 Å². The molecule has 2 amide bonds. The average Bonchev–Trinajstić information content (AvgIpc) is 3.48. The first-order valence-electron chi connectivity index (χ1n) is 9.86. The fourth-order valence-corrected chi connectivity index (χ4v) is 3.84. The third-order valence-electron chi connectivity index (χ3n) is 5.56. The number of ether oxygens (including phenoxy) is 3. The number of rotatable bonds is 9. The zero-order chi connectivity index (χ0) is 20.1. The summed E-state index contributed by atoms with van der Waals surface area (Å²) < 4.78 is 16.0. The van der Waals surface area contributed by atoms with Crippen LogP contribution in [0, 0.1) is 11.8 Å². The van der Waals surface area contributed by atoms with Gasteiger partial charge >= 0.3 is 0 Å². The van der Waals surface area contributed by atoms with E-state index in [0.29, 0.717) is 37.7 Å². The van der Waals surface area contributed by atoms with Crippen molar-refractivity contribution >= 4 is 11.8 Å². The minimum Gasteiger partial charge on any atom is -0.497 e. The molecule has 1 aromatic rings. The fraction of sp³-hybridized carbons (Fsp3) is 0.619. The third kappa shape index (κ3) is 4.58. The zero-order valence-corrected chi connectivity index (χ0v) is 16.9. The number of carbonyl (C=O) groups excluding carboxylic acids is 2. The highest BCUT2D eigenvalue weighted by Gasteiger charge is 2.44. The summed E-state index contributed by atoms with van der Waals surface area (Å²) in [5, 5.41) is 3.00. The van der Waals surface area contributed by atoms with Crippen molar-refractivity contribution in [3.05, 3.63) is 23.8 Å². The summed E-state index contributed by atoms with van der Waals surface area (Å²) >= 11 is 0. The lowest BCUT2D eigenvalue weighted by atomic mass is 9.87. The summed E-state index contributed by atoms with van der Waals surface area (Å²) in [5.74, 6) is 1.25. The van der Waals surface area contributed by atoms with Gasteiger partial charge in [-0.05, 0) is 37.5 Å². The molecule has 0 aromatic heterocycles. The summed E-state index contributed by atoms with van der Waals surface area (Å²) in [7, 11) is 4.88. The van der Waals surface area contributed by atoms with Crippen molar-refractivity contribution in [2.75, 3.05) is 47.6 Å². The molecule has 0 unspecified atom stereocenters. The molecule has 3 rings (SSSR count). The van der Waals surface area contributed by atoms with Gasteiger partial charge in [-0.25, -0.2) is 0 Å². The van der Waals surface area contributed by atoms with E-state index in [9.17, 15) is 9.59 Å². The molecule has 2 aliphatic rings. The molecule has 0 bridgehead atoms. The SMILES string of the molecule is COCCCNC(=O)[C@@H]1CN(C(=O)C2CC2)C[C@@H]1c1cc(OC)ccc1OC. The monoisotopic (exact) mass is 390 g/mol. The summed E-state index contributed by atoms with van der Waals surface area (Å²) in [4.78, 5) is 27.4. The first-order chi connectivity index (χ1) is 13.6. The van der Waals surface area contributed by atoms with Crippen LogP contribution in [0.25, 0.3) is 0 Å². The predicted molar refractivity (Wildman–Crippen MR) is 105 cm³/mol. The van der Waals surface area contributed by atoms with Crippen LogP contribution in [0.4, 0.5) is 0 Å². The van der Waals surface area contributed by atoms with Crippen molar-refractivity contribution in [3.8, 4) is 11.5 Å². The number of amides is 2. The molecule has 1 saturated heterocycles. The Balaban J connectivity index is 1.82. The molecular weight excluding hydrogens is 360 g/mol. The van der Waals surface area contributed by atoms with Gasteiger partial charge in [-0.3, -0.25) is 9.59 Å². The van der Waals surface area contributed by atoms with Crippen molar-refractivity contribution in [3.63, 3.8) is 0 Å². The van der Waals surface area contributed by atoms with Gasteiger partial charge < -0.3 is 24.4 Å². The van der Waals surface area contributed by atoms with Crippen LogP contribution in [-0.4, -0.2) is 64.3 Å². The van der Waals surface area contributed by atoms with Crippen LogP contribution >= 0.6 is 0 Å². The Hall–Kier alpha value is -2.28. The molecule has 1 aromatic carbocycles. The molecule has 1 saturated carbocycles. The minimum atomic E-state index is -0.314. The van der Waals surface area contributed by atoms with Gasteiger partial charge in [-0.15, -0.1) is 0 Å². The molecule has 1 heterocycles. The first kappa shape index (κ1) is 20.5. The van der Waals surface area contributed by atoms with Crippen molar-refractivity contribution in [2.24, 2.45) is 11.8 Å². The van der Waals surface area contributed by atoms with Crippen LogP contribution in [0.5, 0.6) is 11.5 Å². The van der Waals surface area contributed by atoms with Gasteiger partial charge in [0.1, 0.15) is 11.5 Å². The number of hydrogen-bond acceptors (Lipinski definition) is 5. The molecule has 1 aliphatic carbocycles. The highest BCUT2D eigenvalue weighted by atomic mass is 16.5. The highest BCUT2D eigenvalue weighted by Crippen LogP contribution is 2.41. The Morgan fingerprint density at radius 2 is 1.93 bits per heavy atom. The maximum Gasteiger partial charge on any atom is 0.225 e. The maximum absolute atomic E-state index is 12.9. The molecule has 7 heteroatoms. The van der Waals surface area contributed by atoms with E-state index in [4.69, 9.17) is 14.2 Å². The maximum atomic E-state index is 12.9. The summed E-state index contributed by atoms with van der Waals surface area (Å²) in [5.41, 5.74) is 0.907. The first-order valence-corrected chi connectivity index (χ1v) is 9.86. The second-order valence-corrected chi connectivity index (χ2v) is 7.48. The standard InChI is InChI=1S/C21H30N2O5/c1-26-10-4-9-22-20(24)18-13-23(21(25)14-5-6-14)12-17(18)16-11-15(27-2)7-8-19(16)28-3/h7-8,11,14,17-18H,4-6,9-10,12-13H2,1-3H3,(H,22,24)/t17-,18-/m1/s1. The van der Waals surface area contributed by atoms with E-state index in [-0.39, 0.29) is 29.6 Å². The van der Waals surface area contributed by atoms with Gasteiger partial charge in [0.05, 0.1) is 20.1 Å². The van der Waals surface area contributed by atoms with E-state index in [1.165, 1.54) is 0 Å². The van der Waals surface area contributed by atoms with Gasteiger partial charge in [-0.1, -0.05) is 0 Å². The van der Waals surface area contributed by atoms with E-state index in [1.807, 2.05) is 23.1 Å². The second kappa shape index (κ2) is 9.28. The van der Waals surface area contributed by atoms with Gasteiger partial charge in [0.15, 0.2) is 0 Å². The quantitative estimate of drug-likeness (QED) is 0.651. The summed E-state index contributed by atoms with van der Waals surface area (Å²) in [6.07, 6.45) is 2.67. The average molecular weight is 390 g/mol. The Morgan fingerprint density at radius 3 is 2.57 bits per heavy atom. The molecule has 7 nitrogen and oxygen atoms in total. The topological polar surface area (TPSA) is 77.1 Å². The Bertz CT molecular complexity index is 704. The summed E-state index contributed by atoms with van der Waals surface area (Å²) in [6.45, 7) is 2.12. The zero-order valence-electron chi connectivity index (χ0n) is 16.9. The minimum absolute atomic E-state index is 0.0305. The number of nitrogens with one attached hydrogen (secondary N) is 1. The summed E-state index contributed by atoms with van der Waals surface area (Å²) in [6, 6.07) is 5.61. The van der Waals surface area contributed by atoms with Crippen LogP contribution in [0.1, 0.15) is 30.7 Å². The third-order valence-corrected chi connectivity index (χ3v) is 5.56. The van der Waals surface area contributed by atoms with E-state index >= 15 is 0 Å². The number of carbonyl (C=O) groups is 2. The molecule has 2 atom stereocenters. The lowest BCUT2D eigenvalue weighted by molar-refractivity contribution is -0.132. The number of methoxy groups -OCH3 is 3. The van der Waals surface area contributed by atoms with Gasteiger partial charge in [0.2, 0.25) is 11.8 Å². The van der Waals surface area contributed by atoms with Crippen LogP contribution in [0.15, 0.2) is 18.2 Å². The second-order valence-electron chi connectivity index (χ2n) is 7.48. The molecule has 28 heavy (non-hydrogen) atoms. The van der Waals surface area contributed by atoms with Gasteiger partial charge in [0.25, 0.3) is 0 Å². The molecule has 1 aliphatic heterocycles. The fourth-order valence-electron chi connectivity index (χ4n) is 3.84. The molecular formula is C21H30N2O5. The van der Waals surface area contributed by atoms with Crippen molar-refractivity contribution in [1.29, 1.82) is 0 Å². The van der Waals surface area contributed by atoms with Gasteiger partial charge in [-0.2, -0.15) is 0 Å². The molecule has 1 N–H and O–H groups in total. The van der Waals surface area contributed by atoms with Crippen LogP contribution < -0.4 is 14.8 Å². The molecule has 2 fully saturated rings. The largest absolute Gasteiger partial charge is 0.497 e. The Labute approximate surface area is 166 Å². The number of hydrogen-bond donors (Lipinski definition) is 1. The highest BCUT2D eigenvalue weighted by molar-refractivity contribution is 5.85. The number of likely N-dealkylation sites (tertiary alicyclic amines) is 1. The van der Waals surface area contributed by atoms with Crippen molar-refractivity contribution in [1.82, 2.24) is 10.2 Å². The van der Waals surface area contributed by atoms with Crippen molar-refractivity contribution < 1.29 is 23.8 Å². The van der Waals surface area contributed by atoms with Crippen LogP contribution in [-0.2, 0) is 14.3 Å². The predicted octanol–water partition coefficient (Wildman–Crippen LogP) is 1.81. The van der Waals surface area contributed by atoms with E-state index in [1.54, 1.807) is 21.3 Å². The van der Waals surface area contributed by atoms with Crippen molar-refractivity contribution in [2.45, 2.75) is 25.2 Å². The van der Waals surface area contributed by atoms with E-state index in [2.05, 4.69) is 5.32 Å². The smallest absolute Gasteiger partial charge is 0.225 e.